The van der Waals surface area contributed by atoms with E-state index < -0.39 is 0 Å². The molecule has 3 atom stereocenters. The standard InChI is InChI=1S/C21H32N2O/c1-17(24)22-21-12-6-5-11-20(21)16-23-13-7-10-19(15-23)14-18-8-3-2-4-9-18/h2-4,8-9,19-21H,5-7,10-16H2,1H3,(H,22,24). The first-order valence-corrected chi connectivity index (χ1v) is 9.74. The second-order valence-corrected chi connectivity index (χ2v) is 7.81. The van der Waals surface area contributed by atoms with Gasteiger partial charge in [-0.25, -0.2) is 0 Å². The van der Waals surface area contributed by atoms with Gasteiger partial charge in [0.15, 0.2) is 0 Å². The lowest BCUT2D eigenvalue weighted by Gasteiger charge is -2.39. The van der Waals surface area contributed by atoms with Crippen LogP contribution >= 0.6 is 0 Å². The minimum Gasteiger partial charge on any atom is -0.353 e. The van der Waals surface area contributed by atoms with Crippen molar-refractivity contribution in [3.8, 4) is 0 Å². The molecule has 3 rings (SSSR count). The summed E-state index contributed by atoms with van der Waals surface area (Å²) in [7, 11) is 0. The number of carbonyl (C=O) groups is 1. The maximum absolute atomic E-state index is 11.5. The van der Waals surface area contributed by atoms with E-state index in [4.69, 9.17) is 0 Å². The summed E-state index contributed by atoms with van der Waals surface area (Å²) in [5.41, 5.74) is 1.47. The molecule has 1 aromatic rings. The highest BCUT2D eigenvalue weighted by Crippen LogP contribution is 2.28. The van der Waals surface area contributed by atoms with Crippen molar-refractivity contribution in [2.24, 2.45) is 11.8 Å². The molecule has 1 aliphatic carbocycles. The van der Waals surface area contributed by atoms with Crippen molar-refractivity contribution in [3.05, 3.63) is 35.9 Å². The molecule has 3 heteroatoms. The number of hydrogen-bond donors (Lipinski definition) is 1. The van der Waals surface area contributed by atoms with Gasteiger partial charge in [-0.3, -0.25) is 4.79 Å². The lowest BCUT2D eigenvalue weighted by atomic mass is 9.83. The minimum absolute atomic E-state index is 0.132. The van der Waals surface area contributed by atoms with Crippen molar-refractivity contribution in [1.82, 2.24) is 10.2 Å². The maximum atomic E-state index is 11.5. The summed E-state index contributed by atoms with van der Waals surface area (Å²) in [6.07, 6.45) is 8.88. The summed E-state index contributed by atoms with van der Waals surface area (Å²) in [6.45, 7) is 5.27. The van der Waals surface area contributed by atoms with Crippen molar-refractivity contribution in [3.63, 3.8) is 0 Å². The van der Waals surface area contributed by atoms with E-state index in [1.165, 1.54) is 57.2 Å². The normalized spacial score (nSPS) is 28.5. The highest BCUT2D eigenvalue weighted by molar-refractivity contribution is 5.73. The third-order valence-corrected chi connectivity index (χ3v) is 5.76. The van der Waals surface area contributed by atoms with Crippen molar-refractivity contribution in [2.75, 3.05) is 19.6 Å². The third-order valence-electron chi connectivity index (χ3n) is 5.76. The van der Waals surface area contributed by atoms with Gasteiger partial charge in [-0.2, -0.15) is 0 Å². The van der Waals surface area contributed by atoms with Crippen molar-refractivity contribution >= 4 is 5.91 Å². The highest BCUT2D eigenvalue weighted by atomic mass is 16.1. The van der Waals surface area contributed by atoms with Crippen LogP contribution in [0.15, 0.2) is 30.3 Å². The summed E-state index contributed by atoms with van der Waals surface area (Å²) < 4.78 is 0. The van der Waals surface area contributed by atoms with E-state index in [0.717, 1.165) is 18.9 Å². The smallest absolute Gasteiger partial charge is 0.217 e. The Morgan fingerprint density at radius 1 is 1.12 bits per heavy atom. The number of carbonyl (C=O) groups excluding carboxylic acids is 1. The lowest BCUT2D eigenvalue weighted by molar-refractivity contribution is -0.120. The van der Waals surface area contributed by atoms with Crippen molar-refractivity contribution in [2.45, 2.75) is 57.9 Å². The molecular weight excluding hydrogens is 296 g/mol. The van der Waals surface area contributed by atoms with Gasteiger partial charge in [0.2, 0.25) is 5.91 Å². The van der Waals surface area contributed by atoms with Crippen molar-refractivity contribution in [1.29, 1.82) is 0 Å². The van der Waals surface area contributed by atoms with E-state index in [2.05, 4.69) is 40.5 Å². The fourth-order valence-corrected chi connectivity index (χ4v) is 4.64. The molecule has 3 unspecified atom stereocenters. The highest BCUT2D eigenvalue weighted by Gasteiger charge is 2.29. The molecule has 2 fully saturated rings. The van der Waals surface area contributed by atoms with Gasteiger partial charge >= 0.3 is 0 Å². The third kappa shape index (κ3) is 5.07. The molecule has 132 valence electrons. The molecule has 1 N–H and O–H groups in total. The molecule has 1 aromatic carbocycles. The number of rotatable bonds is 5. The van der Waals surface area contributed by atoms with Gasteiger partial charge < -0.3 is 10.2 Å². The monoisotopic (exact) mass is 328 g/mol. The molecule has 2 aliphatic rings. The molecule has 0 bridgehead atoms. The zero-order chi connectivity index (χ0) is 16.8. The average molecular weight is 328 g/mol. The largest absolute Gasteiger partial charge is 0.353 e. The predicted octanol–water partition coefficient (Wildman–Crippen LogP) is 3.64. The molecule has 1 saturated heterocycles. The Kier molecular flexibility index (Phi) is 6.30. The number of likely N-dealkylation sites (tertiary alicyclic amines) is 1. The van der Waals surface area contributed by atoms with Gasteiger partial charge in [0.1, 0.15) is 0 Å². The Bertz CT molecular complexity index is 516. The molecule has 24 heavy (non-hydrogen) atoms. The van der Waals surface area contributed by atoms with Gasteiger partial charge in [0.25, 0.3) is 0 Å². The lowest BCUT2D eigenvalue weighted by Crippen LogP contribution is -2.47. The molecule has 1 heterocycles. The van der Waals surface area contributed by atoms with Gasteiger partial charge in [0.05, 0.1) is 0 Å². The number of nitrogens with zero attached hydrogens (tertiary/aromatic N) is 1. The van der Waals surface area contributed by atoms with E-state index in [1.807, 2.05) is 0 Å². The number of benzene rings is 1. The van der Waals surface area contributed by atoms with Crippen LogP contribution in [0.4, 0.5) is 0 Å². The molecule has 1 saturated carbocycles. The van der Waals surface area contributed by atoms with Crippen LogP contribution in [0.5, 0.6) is 0 Å². The predicted molar refractivity (Wildman–Crippen MR) is 98.9 cm³/mol. The fourth-order valence-electron chi connectivity index (χ4n) is 4.64. The van der Waals surface area contributed by atoms with E-state index in [-0.39, 0.29) is 5.91 Å². The Morgan fingerprint density at radius 3 is 2.71 bits per heavy atom. The van der Waals surface area contributed by atoms with Crippen LogP contribution in [0.3, 0.4) is 0 Å². The SMILES string of the molecule is CC(=O)NC1CCCCC1CN1CCCC(Cc2ccccc2)C1. The second-order valence-electron chi connectivity index (χ2n) is 7.81. The minimum atomic E-state index is 0.132. The Balaban J connectivity index is 1.53. The maximum Gasteiger partial charge on any atom is 0.217 e. The average Bonchev–Trinajstić information content (AvgIpc) is 2.57. The van der Waals surface area contributed by atoms with E-state index >= 15 is 0 Å². The van der Waals surface area contributed by atoms with Crippen LogP contribution in [0.25, 0.3) is 0 Å². The first-order chi connectivity index (χ1) is 11.7. The second kappa shape index (κ2) is 8.66. The first kappa shape index (κ1) is 17.5. The summed E-state index contributed by atoms with van der Waals surface area (Å²) in [4.78, 5) is 14.1. The van der Waals surface area contributed by atoms with Crippen molar-refractivity contribution < 1.29 is 4.79 Å². The number of piperidine rings is 1. The molecule has 0 spiro atoms. The summed E-state index contributed by atoms with van der Waals surface area (Å²) in [6, 6.07) is 11.3. The van der Waals surface area contributed by atoms with E-state index in [0.29, 0.717) is 12.0 Å². The van der Waals surface area contributed by atoms with Crippen LogP contribution in [0.1, 0.15) is 51.0 Å². The van der Waals surface area contributed by atoms with E-state index in [9.17, 15) is 4.79 Å². The molecular formula is C21H32N2O. The quantitative estimate of drug-likeness (QED) is 0.895. The molecule has 1 aliphatic heterocycles. The fraction of sp³-hybridized carbons (Fsp3) is 0.667. The van der Waals surface area contributed by atoms with Gasteiger partial charge in [-0.15, -0.1) is 0 Å². The van der Waals surface area contributed by atoms with E-state index in [1.54, 1.807) is 6.92 Å². The molecule has 1 amide bonds. The van der Waals surface area contributed by atoms with Crippen LogP contribution in [0.2, 0.25) is 0 Å². The molecule has 3 nitrogen and oxygen atoms in total. The van der Waals surface area contributed by atoms with Crippen LogP contribution in [0, 0.1) is 11.8 Å². The Morgan fingerprint density at radius 2 is 1.92 bits per heavy atom. The summed E-state index contributed by atoms with van der Waals surface area (Å²) >= 11 is 0. The molecule has 0 radical (unpaired) electrons. The topological polar surface area (TPSA) is 32.3 Å². The number of amides is 1. The zero-order valence-electron chi connectivity index (χ0n) is 15.0. The Hall–Kier alpha value is -1.35. The molecule has 0 aromatic heterocycles. The van der Waals surface area contributed by atoms with Crippen LogP contribution in [-0.4, -0.2) is 36.5 Å². The Labute approximate surface area is 146 Å². The van der Waals surface area contributed by atoms with Gasteiger partial charge in [-0.1, -0.05) is 43.2 Å². The van der Waals surface area contributed by atoms with Crippen LogP contribution in [-0.2, 0) is 11.2 Å². The van der Waals surface area contributed by atoms with Crippen LogP contribution < -0.4 is 5.32 Å². The number of nitrogens with one attached hydrogen (secondary N) is 1. The number of hydrogen-bond acceptors (Lipinski definition) is 2. The first-order valence-electron chi connectivity index (χ1n) is 9.74. The zero-order valence-corrected chi connectivity index (χ0v) is 15.0. The summed E-state index contributed by atoms with van der Waals surface area (Å²) in [5, 5.41) is 3.21. The van der Waals surface area contributed by atoms with Gasteiger partial charge in [-0.05, 0) is 56.0 Å². The summed E-state index contributed by atoms with van der Waals surface area (Å²) in [5.74, 6) is 1.55. The van der Waals surface area contributed by atoms with Gasteiger partial charge in [0, 0.05) is 26.1 Å².